The Kier molecular flexibility index (Phi) is 4.74. The van der Waals surface area contributed by atoms with Gasteiger partial charge in [0, 0.05) is 18.7 Å². The number of para-hydroxylation sites is 1. The van der Waals surface area contributed by atoms with Crippen LogP contribution < -0.4 is 10.1 Å². The lowest BCUT2D eigenvalue weighted by Crippen LogP contribution is -2.13. The predicted octanol–water partition coefficient (Wildman–Crippen LogP) is 2.68. The minimum atomic E-state index is -0.904. The smallest absolute Gasteiger partial charge is 0.335 e. The number of rotatable bonds is 6. The summed E-state index contributed by atoms with van der Waals surface area (Å²) in [5, 5.41) is 12.1. The highest BCUT2D eigenvalue weighted by molar-refractivity contribution is 5.87. The first-order chi connectivity index (χ1) is 9.70. The van der Waals surface area contributed by atoms with Crippen molar-refractivity contribution in [2.45, 2.75) is 13.1 Å². The highest BCUT2D eigenvalue weighted by atomic mass is 16.5. The normalized spacial score (nSPS) is 10.2. The van der Waals surface area contributed by atoms with Crippen molar-refractivity contribution in [3.63, 3.8) is 0 Å². The molecule has 0 aliphatic heterocycles. The number of nitrogens with one attached hydrogen (secondary N) is 1. The number of aromatic carboxylic acids is 1. The van der Waals surface area contributed by atoms with E-state index in [1.54, 1.807) is 19.2 Å². The Bertz CT molecular complexity index is 579. The number of hydrogen-bond donors (Lipinski definition) is 2. The first-order valence-corrected chi connectivity index (χ1v) is 6.35. The molecule has 0 fully saturated rings. The van der Waals surface area contributed by atoms with Crippen LogP contribution in [0.5, 0.6) is 5.75 Å². The van der Waals surface area contributed by atoms with Gasteiger partial charge in [-0.1, -0.05) is 30.3 Å². The molecule has 0 saturated heterocycles. The molecule has 104 valence electrons. The Morgan fingerprint density at radius 3 is 2.45 bits per heavy atom. The molecule has 0 spiro atoms. The van der Waals surface area contributed by atoms with E-state index in [1.165, 1.54) is 0 Å². The van der Waals surface area contributed by atoms with Crippen LogP contribution >= 0.6 is 0 Å². The second-order valence-corrected chi connectivity index (χ2v) is 4.42. The van der Waals surface area contributed by atoms with E-state index in [-0.39, 0.29) is 0 Å². The van der Waals surface area contributed by atoms with Crippen molar-refractivity contribution >= 4 is 5.97 Å². The van der Waals surface area contributed by atoms with Crippen LogP contribution in [0.2, 0.25) is 0 Å². The van der Waals surface area contributed by atoms with E-state index in [4.69, 9.17) is 9.84 Å². The van der Waals surface area contributed by atoms with E-state index in [0.29, 0.717) is 18.7 Å². The zero-order valence-electron chi connectivity index (χ0n) is 11.3. The molecule has 2 aromatic rings. The number of carbonyl (C=O) groups is 1. The molecule has 0 aliphatic carbocycles. The predicted molar refractivity (Wildman–Crippen MR) is 76.9 cm³/mol. The minimum absolute atomic E-state index is 0.304. The minimum Gasteiger partial charge on any atom is -0.496 e. The van der Waals surface area contributed by atoms with Crippen LogP contribution in [0.15, 0.2) is 48.5 Å². The molecule has 4 heteroatoms. The summed E-state index contributed by atoms with van der Waals surface area (Å²) < 4.78 is 5.28. The van der Waals surface area contributed by atoms with Crippen LogP contribution in [0.4, 0.5) is 0 Å². The molecule has 2 rings (SSSR count). The van der Waals surface area contributed by atoms with Crippen LogP contribution in [0.25, 0.3) is 0 Å². The molecule has 0 atom stereocenters. The van der Waals surface area contributed by atoms with Gasteiger partial charge in [0.15, 0.2) is 0 Å². The maximum absolute atomic E-state index is 10.8. The van der Waals surface area contributed by atoms with Gasteiger partial charge in [-0.15, -0.1) is 0 Å². The fraction of sp³-hybridized carbons (Fsp3) is 0.188. The number of methoxy groups -OCH3 is 1. The third kappa shape index (κ3) is 3.59. The Morgan fingerprint density at radius 1 is 1.10 bits per heavy atom. The third-order valence-electron chi connectivity index (χ3n) is 3.04. The van der Waals surface area contributed by atoms with Crippen molar-refractivity contribution in [3.8, 4) is 5.75 Å². The third-order valence-corrected chi connectivity index (χ3v) is 3.04. The number of hydrogen-bond acceptors (Lipinski definition) is 3. The van der Waals surface area contributed by atoms with E-state index in [2.05, 4.69) is 5.32 Å². The lowest BCUT2D eigenvalue weighted by Gasteiger charge is -2.09. The number of carboxylic acid groups (broad SMARTS) is 1. The molecule has 0 aliphatic rings. The zero-order chi connectivity index (χ0) is 14.4. The Hall–Kier alpha value is -2.33. The van der Waals surface area contributed by atoms with Crippen molar-refractivity contribution in [2.24, 2.45) is 0 Å². The monoisotopic (exact) mass is 271 g/mol. The van der Waals surface area contributed by atoms with Gasteiger partial charge in [0.1, 0.15) is 5.75 Å². The van der Waals surface area contributed by atoms with Gasteiger partial charge in [0.05, 0.1) is 12.7 Å². The number of ether oxygens (including phenoxy) is 1. The maximum atomic E-state index is 10.8. The summed E-state index contributed by atoms with van der Waals surface area (Å²) in [5.41, 5.74) is 2.44. The summed E-state index contributed by atoms with van der Waals surface area (Å²) in [6, 6.07) is 14.7. The molecule has 2 aromatic carbocycles. The number of carboxylic acids is 1. The van der Waals surface area contributed by atoms with Gasteiger partial charge >= 0.3 is 5.97 Å². The van der Waals surface area contributed by atoms with Gasteiger partial charge in [0.2, 0.25) is 0 Å². The van der Waals surface area contributed by atoms with Crippen LogP contribution in [0, 0.1) is 0 Å². The van der Waals surface area contributed by atoms with E-state index >= 15 is 0 Å². The van der Waals surface area contributed by atoms with Crippen LogP contribution in [-0.2, 0) is 13.1 Å². The highest BCUT2D eigenvalue weighted by Gasteiger charge is 2.03. The molecular weight excluding hydrogens is 254 g/mol. The molecule has 0 aromatic heterocycles. The summed E-state index contributed by atoms with van der Waals surface area (Å²) in [5.74, 6) is -0.0419. The second kappa shape index (κ2) is 6.73. The van der Waals surface area contributed by atoms with Gasteiger partial charge < -0.3 is 15.2 Å². The van der Waals surface area contributed by atoms with Crippen molar-refractivity contribution in [1.82, 2.24) is 5.32 Å². The molecular formula is C16H17NO3. The SMILES string of the molecule is COc1ccccc1CNCc1ccc(C(=O)O)cc1. The lowest BCUT2D eigenvalue weighted by molar-refractivity contribution is 0.0697. The molecule has 0 unspecified atom stereocenters. The topological polar surface area (TPSA) is 58.6 Å². The molecule has 0 heterocycles. The maximum Gasteiger partial charge on any atom is 0.335 e. The molecule has 4 nitrogen and oxygen atoms in total. The Labute approximate surface area is 118 Å². The fourth-order valence-corrected chi connectivity index (χ4v) is 1.96. The number of benzene rings is 2. The first-order valence-electron chi connectivity index (χ1n) is 6.35. The van der Waals surface area contributed by atoms with E-state index in [9.17, 15) is 4.79 Å². The Morgan fingerprint density at radius 2 is 1.80 bits per heavy atom. The molecule has 0 amide bonds. The van der Waals surface area contributed by atoms with E-state index in [1.807, 2.05) is 36.4 Å². The van der Waals surface area contributed by atoms with Crippen molar-refractivity contribution in [2.75, 3.05) is 7.11 Å². The summed E-state index contributed by atoms with van der Waals surface area (Å²) in [6.45, 7) is 1.38. The summed E-state index contributed by atoms with van der Waals surface area (Å²) in [6.07, 6.45) is 0. The van der Waals surface area contributed by atoms with Gasteiger partial charge in [-0.2, -0.15) is 0 Å². The molecule has 20 heavy (non-hydrogen) atoms. The largest absolute Gasteiger partial charge is 0.496 e. The average molecular weight is 271 g/mol. The molecule has 0 bridgehead atoms. The van der Waals surface area contributed by atoms with Gasteiger partial charge in [0.25, 0.3) is 0 Å². The van der Waals surface area contributed by atoms with E-state index in [0.717, 1.165) is 16.9 Å². The summed E-state index contributed by atoms with van der Waals surface area (Å²) >= 11 is 0. The lowest BCUT2D eigenvalue weighted by atomic mass is 10.1. The van der Waals surface area contributed by atoms with Crippen molar-refractivity contribution in [1.29, 1.82) is 0 Å². The summed E-state index contributed by atoms with van der Waals surface area (Å²) in [4.78, 5) is 10.8. The zero-order valence-corrected chi connectivity index (χ0v) is 11.3. The van der Waals surface area contributed by atoms with Crippen LogP contribution in [0.1, 0.15) is 21.5 Å². The molecule has 0 radical (unpaired) electrons. The van der Waals surface area contributed by atoms with E-state index < -0.39 is 5.97 Å². The van der Waals surface area contributed by atoms with Gasteiger partial charge in [-0.3, -0.25) is 0 Å². The standard InChI is InChI=1S/C16H17NO3/c1-20-15-5-3-2-4-14(15)11-17-10-12-6-8-13(9-7-12)16(18)19/h2-9,17H,10-11H2,1H3,(H,18,19). The fourth-order valence-electron chi connectivity index (χ4n) is 1.96. The first kappa shape index (κ1) is 14.1. The molecule has 0 saturated carbocycles. The van der Waals surface area contributed by atoms with Crippen molar-refractivity contribution < 1.29 is 14.6 Å². The Balaban J connectivity index is 1.91. The van der Waals surface area contributed by atoms with Crippen molar-refractivity contribution in [3.05, 3.63) is 65.2 Å². The van der Waals surface area contributed by atoms with Crippen LogP contribution in [0.3, 0.4) is 0 Å². The highest BCUT2D eigenvalue weighted by Crippen LogP contribution is 2.16. The molecule has 2 N–H and O–H groups in total. The summed E-state index contributed by atoms with van der Waals surface area (Å²) in [7, 11) is 1.66. The van der Waals surface area contributed by atoms with Gasteiger partial charge in [-0.25, -0.2) is 4.79 Å². The quantitative estimate of drug-likeness (QED) is 0.848. The second-order valence-electron chi connectivity index (χ2n) is 4.42. The van der Waals surface area contributed by atoms with Gasteiger partial charge in [-0.05, 0) is 23.8 Å². The average Bonchev–Trinajstić information content (AvgIpc) is 2.48. The van der Waals surface area contributed by atoms with Crippen LogP contribution in [-0.4, -0.2) is 18.2 Å².